The average molecular weight is 266 g/mol. The van der Waals surface area contributed by atoms with Crippen molar-refractivity contribution in [2.45, 2.75) is 26.9 Å². The van der Waals surface area contributed by atoms with Gasteiger partial charge in [-0.15, -0.1) is 0 Å². The van der Waals surface area contributed by atoms with Crippen LogP contribution in [0.1, 0.15) is 28.4 Å². The minimum Gasteiger partial charge on any atom is -0.349 e. The van der Waals surface area contributed by atoms with Crippen LogP contribution in [-0.2, 0) is 0 Å². The van der Waals surface area contributed by atoms with Crippen molar-refractivity contribution in [1.82, 2.24) is 0 Å². The van der Waals surface area contributed by atoms with Gasteiger partial charge in [0.1, 0.15) is 6.17 Å². The zero-order chi connectivity index (χ0) is 14.4. The molecule has 0 unspecified atom stereocenters. The van der Waals surface area contributed by atoms with Gasteiger partial charge >= 0.3 is 0 Å². The van der Waals surface area contributed by atoms with Gasteiger partial charge < -0.3 is 9.80 Å². The smallest absolute Gasteiger partial charge is 0.128 e. The van der Waals surface area contributed by atoms with E-state index in [1.807, 2.05) is 0 Å². The van der Waals surface area contributed by atoms with Crippen LogP contribution < -0.4 is 9.80 Å². The second kappa shape index (κ2) is 4.55. The fraction of sp³-hybridized carbons (Fsp3) is 0.333. The zero-order valence-electron chi connectivity index (χ0n) is 12.9. The molecule has 1 heterocycles. The van der Waals surface area contributed by atoms with E-state index in [9.17, 15) is 0 Å². The highest BCUT2D eigenvalue weighted by Crippen LogP contribution is 2.45. The Morgan fingerprint density at radius 3 is 1.75 bits per heavy atom. The summed E-state index contributed by atoms with van der Waals surface area (Å²) in [6.07, 6.45) is 0.285. The molecule has 2 nitrogen and oxygen atoms in total. The van der Waals surface area contributed by atoms with Crippen LogP contribution in [0.25, 0.3) is 0 Å². The third kappa shape index (κ3) is 1.79. The second-order valence-corrected chi connectivity index (χ2v) is 5.88. The van der Waals surface area contributed by atoms with E-state index in [4.69, 9.17) is 0 Å². The molecule has 0 N–H and O–H groups in total. The Hall–Kier alpha value is -1.96. The van der Waals surface area contributed by atoms with Crippen molar-refractivity contribution >= 4 is 11.4 Å². The Morgan fingerprint density at radius 1 is 0.750 bits per heavy atom. The third-order valence-corrected chi connectivity index (χ3v) is 4.55. The molecule has 20 heavy (non-hydrogen) atoms. The number of nitrogens with zero attached hydrogens (tertiary/aromatic N) is 2. The second-order valence-electron chi connectivity index (χ2n) is 5.88. The molecule has 2 aromatic rings. The molecule has 0 spiro atoms. The van der Waals surface area contributed by atoms with Crippen LogP contribution in [0, 0.1) is 20.8 Å². The normalized spacial score (nSPS) is 14.8. The summed E-state index contributed by atoms with van der Waals surface area (Å²) in [7, 11) is 4.38. The predicted octanol–water partition coefficient (Wildman–Crippen LogP) is 4.20. The number of rotatable bonds is 1. The number of aryl methyl sites for hydroxylation is 3. The van der Waals surface area contributed by atoms with Gasteiger partial charge in [-0.1, -0.05) is 24.3 Å². The molecule has 3 rings (SSSR count). The third-order valence-electron chi connectivity index (χ3n) is 4.55. The first-order valence-electron chi connectivity index (χ1n) is 7.13. The maximum atomic E-state index is 2.38. The minimum atomic E-state index is 0.285. The maximum Gasteiger partial charge on any atom is 0.128 e. The first-order chi connectivity index (χ1) is 9.50. The summed E-state index contributed by atoms with van der Waals surface area (Å²) in [5, 5.41) is 0. The summed E-state index contributed by atoms with van der Waals surface area (Å²) in [6.45, 7) is 6.56. The van der Waals surface area contributed by atoms with E-state index in [1.165, 1.54) is 33.6 Å². The highest BCUT2D eigenvalue weighted by Gasteiger charge is 2.33. The van der Waals surface area contributed by atoms with Gasteiger partial charge in [0.05, 0.1) is 11.4 Å². The van der Waals surface area contributed by atoms with Crippen molar-refractivity contribution in [3.05, 3.63) is 58.7 Å². The Labute approximate surface area is 121 Å². The lowest BCUT2D eigenvalue weighted by Gasteiger charge is -2.29. The van der Waals surface area contributed by atoms with E-state index in [-0.39, 0.29) is 6.17 Å². The maximum absolute atomic E-state index is 2.38. The van der Waals surface area contributed by atoms with Crippen LogP contribution in [0.4, 0.5) is 11.4 Å². The number of hydrogen-bond donors (Lipinski definition) is 0. The Balaban J connectivity index is 2.12. The summed E-state index contributed by atoms with van der Waals surface area (Å²) < 4.78 is 0. The lowest BCUT2D eigenvalue weighted by molar-refractivity contribution is 0.690. The van der Waals surface area contributed by atoms with Gasteiger partial charge in [0.2, 0.25) is 0 Å². The fourth-order valence-corrected chi connectivity index (χ4v) is 3.17. The van der Waals surface area contributed by atoms with Crippen LogP contribution in [0.5, 0.6) is 0 Å². The molecule has 0 bridgehead atoms. The van der Waals surface area contributed by atoms with Gasteiger partial charge in [0, 0.05) is 14.1 Å². The van der Waals surface area contributed by atoms with E-state index in [1.54, 1.807) is 0 Å². The van der Waals surface area contributed by atoms with Gasteiger partial charge in [-0.25, -0.2) is 0 Å². The molecule has 2 heteroatoms. The van der Waals surface area contributed by atoms with Crippen LogP contribution in [0.15, 0.2) is 36.4 Å². The molecule has 1 aliphatic heterocycles. The van der Waals surface area contributed by atoms with E-state index < -0.39 is 0 Å². The molecule has 1 aliphatic rings. The number of fused-ring (bicyclic) bond motifs is 1. The Kier molecular flexibility index (Phi) is 2.97. The van der Waals surface area contributed by atoms with Crippen LogP contribution in [-0.4, -0.2) is 14.1 Å². The Bertz CT molecular complexity index is 625. The molecule has 0 fully saturated rings. The van der Waals surface area contributed by atoms with E-state index in [0.29, 0.717) is 0 Å². The van der Waals surface area contributed by atoms with E-state index in [2.05, 4.69) is 81.1 Å². The van der Waals surface area contributed by atoms with Crippen molar-refractivity contribution in [3.63, 3.8) is 0 Å². The van der Waals surface area contributed by atoms with E-state index >= 15 is 0 Å². The number of hydrogen-bond acceptors (Lipinski definition) is 2. The molecular weight excluding hydrogens is 244 g/mol. The van der Waals surface area contributed by atoms with Crippen LogP contribution >= 0.6 is 0 Å². The standard InChI is InChI=1S/C18H22N2/c1-12-8-6-7-9-15(12)18-19(4)16-10-13(2)14(3)11-17(16)20(18)5/h6-11,18H,1-5H3. The van der Waals surface area contributed by atoms with Gasteiger partial charge in [-0.05, 0) is 55.2 Å². The summed E-state index contributed by atoms with van der Waals surface area (Å²) >= 11 is 0. The highest BCUT2D eigenvalue weighted by atomic mass is 15.4. The molecule has 0 atom stereocenters. The van der Waals surface area contributed by atoms with Crippen molar-refractivity contribution in [2.75, 3.05) is 23.9 Å². The molecule has 104 valence electrons. The summed E-state index contributed by atoms with van der Waals surface area (Å²) in [4.78, 5) is 4.76. The molecular formula is C18H22N2. The molecule has 0 saturated carbocycles. The van der Waals surface area contributed by atoms with Crippen molar-refractivity contribution in [2.24, 2.45) is 0 Å². The topological polar surface area (TPSA) is 6.48 Å². The minimum absolute atomic E-state index is 0.285. The zero-order valence-corrected chi connectivity index (χ0v) is 12.9. The van der Waals surface area contributed by atoms with Crippen molar-refractivity contribution < 1.29 is 0 Å². The lowest BCUT2D eigenvalue weighted by Crippen LogP contribution is -2.31. The van der Waals surface area contributed by atoms with Gasteiger partial charge in [0.25, 0.3) is 0 Å². The SMILES string of the molecule is Cc1cc2c(cc1C)N(C)C(c1ccccc1C)N2C. The largest absolute Gasteiger partial charge is 0.349 e. The van der Waals surface area contributed by atoms with Crippen LogP contribution in [0.2, 0.25) is 0 Å². The first-order valence-corrected chi connectivity index (χ1v) is 7.13. The van der Waals surface area contributed by atoms with Gasteiger partial charge in [-0.2, -0.15) is 0 Å². The molecule has 2 aromatic carbocycles. The first kappa shape index (κ1) is 13.0. The van der Waals surface area contributed by atoms with Gasteiger partial charge in [0.15, 0.2) is 0 Å². The summed E-state index contributed by atoms with van der Waals surface area (Å²) in [6, 6.07) is 13.3. The molecule has 0 aromatic heterocycles. The highest BCUT2D eigenvalue weighted by molar-refractivity contribution is 5.79. The van der Waals surface area contributed by atoms with Crippen LogP contribution in [0.3, 0.4) is 0 Å². The molecule has 0 radical (unpaired) electrons. The Morgan fingerprint density at radius 2 is 1.25 bits per heavy atom. The molecule has 0 saturated heterocycles. The van der Waals surface area contributed by atoms with Gasteiger partial charge in [-0.3, -0.25) is 0 Å². The number of anilines is 2. The lowest BCUT2D eigenvalue weighted by atomic mass is 10.1. The summed E-state index contributed by atoms with van der Waals surface area (Å²) in [5.41, 5.74) is 8.08. The summed E-state index contributed by atoms with van der Waals surface area (Å²) in [5.74, 6) is 0. The van der Waals surface area contributed by atoms with Crippen molar-refractivity contribution in [1.29, 1.82) is 0 Å². The average Bonchev–Trinajstić information content (AvgIpc) is 2.64. The number of benzene rings is 2. The quantitative estimate of drug-likeness (QED) is 0.763. The monoisotopic (exact) mass is 266 g/mol. The van der Waals surface area contributed by atoms with E-state index in [0.717, 1.165) is 0 Å². The molecule has 0 amide bonds. The fourth-order valence-electron chi connectivity index (χ4n) is 3.17. The predicted molar refractivity (Wildman–Crippen MR) is 86.6 cm³/mol. The molecule has 0 aliphatic carbocycles. The van der Waals surface area contributed by atoms with Crippen molar-refractivity contribution in [3.8, 4) is 0 Å².